The molecule has 0 heterocycles. The zero-order valence-corrected chi connectivity index (χ0v) is 19.3. The highest BCUT2D eigenvalue weighted by molar-refractivity contribution is 6.04. The number of nitrogens with zero attached hydrogens (tertiary/aromatic N) is 1. The second kappa shape index (κ2) is 10.7. The number of rotatable bonds is 8. The van der Waals surface area contributed by atoms with Gasteiger partial charge in [-0.1, -0.05) is 48.5 Å². The van der Waals surface area contributed by atoms with Crippen molar-refractivity contribution in [3.63, 3.8) is 0 Å². The predicted molar refractivity (Wildman–Crippen MR) is 130 cm³/mol. The van der Waals surface area contributed by atoms with Gasteiger partial charge in [0.25, 0.3) is 11.8 Å². The van der Waals surface area contributed by atoms with E-state index in [4.69, 9.17) is 0 Å². The number of hydrogen-bond acceptors (Lipinski definition) is 2. The third kappa shape index (κ3) is 5.62. The molecule has 2 N–H and O–H groups in total. The van der Waals surface area contributed by atoms with Crippen LogP contribution in [0.4, 0.5) is 11.4 Å². The lowest BCUT2D eigenvalue weighted by molar-refractivity contribution is -0.902. The lowest BCUT2D eigenvalue weighted by Gasteiger charge is -2.27. The number of para-hydroxylation sites is 1. The molecule has 3 rings (SSSR count). The second-order valence-electron chi connectivity index (χ2n) is 8.11. The number of anilines is 2. The molecule has 0 fully saturated rings. The Balaban J connectivity index is 1.68. The van der Waals surface area contributed by atoms with Crippen molar-refractivity contribution in [1.82, 2.24) is 0 Å². The maximum absolute atomic E-state index is 13.1. The Morgan fingerprint density at radius 2 is 1.66 bits per heavy atom. The van der Waals surface area contributed by atoms with Gasteiger partial charge in [-0.25, -0.2) is 0 Å². The number of quaternary nitrogens is 1. The molecule has 0 aliphatic rings. The lowest BCUT2D eigenvalue weighted by Crippen LogP contribution is -3.10. The van der Waals surface area contributed by atoms with Crippen molar-refractivity contribution in [3.05, 3.63) is 95.6 Å². The minimum Gasteiger partial charge on any atom is -0.324 e. The zero-order chi connectivity index (χ0) is 23.1. The summed E-state index contributed by atoms with van der Waals surface area (Å²) in [4.78, 5) is 28.5. The number of benzene rings is 3. The van der Waals surface area contributed by atoms with Crippen LogP contribution in [0.3, 0.4) is 0 Å². The fourth-order valence-corrected chi connectivity index (χ4v) is 3.80. The molecule has 0 saturated heterocycles. The van der Waals surface area contributed by atoms with E-state index in [1.54, 1.807) is 12.1 Å². The largest absolute Gasteiger partial charge is 0.324 e. The summed E-state index contributed by atoms with van der Waals surface area (Å²) >= 11 is 0. The molecule has 0 radical (unpaired) electrons. The van der Waals surface area contributed by atoms with E-state index in [0.29, 0.717) is 18.7 Å². The Hall–Kier alpha value is -3.44. The van der Waals surface area contributed by atoms with Gasteiger partial charge in [-0.2, -0.15) is 0 Å². The summed E-state index contributed by atoms with van der Waals surface area (Å²) in [6, 6.07) is 25.1. The van der Waals surface area contributed by atoms with Gasteiger partial charge in [0.15, 0.2) is 6.54 Å². The van der Waals surface area contributed by atoms with Crippen molar-refractivity contribution < 1.29 is 14.5 Å². The van der Waals surface area contributed by atoms with Gasteiger partial charge in [-0.3, -0.25) is 9.59 Å². The number of carbonyl (C=O) groups excluding carboxylic acids is 2. The van der Waals surface area contributed by atoms with Gasteiger partial charge in [-0.05, 0) is 56.7 Å². The van der Waals surface area contributed by atoms with Gasteiger partial charge in [-0.15, -0.1) is 0 Å². The number of amides is 2. The normalized spacial score (nSPS) is 12.6. The van der Waals surface area contributed by atoms with Crippen LogP contribution in [0.25, 0.3) is 0 Å². The van der Waals surface area contributed by atoms with Crippen LogP contribution in [-0.4, -0.2) is 32.0 Å². The van der Waals surface area contributed by atoms with E-state index < -0.39 is 0 Å². The van der Waals surface area contributed by atoms with Crippen LogP contribution < -0.4 is 15.1 Å². The number of hydrogen-bond donors (Lipinski definition) is 2. The molecule has 0 spiro atoms. The van der Waals surface area contributed by atoms with Crippen LogP contribution in [0.5, 0.6) is 0 Å². The molecule has 3 aromatic carbocycles. The van der Waals surface area contributed by atoms with E-state index in [-0.39, 0.29) is 17.9 Å². The van der Waals surface area contributed by atoms with Crippen molar-refractivity contribution in [2.75, 3.05) is 30.4 Å². The van der Waals surface area contributed by atoms with E-state index in [0.717, 1.165) is 27.4 Å². The first-order valence-electron chi connectivity index (χ1n) is 11.1. The third-order valence-corrected chi connectivity index (χ3v) is 5.87. The van der Waals surface area contributed by atoms with Gasteiger partial charge in [0.05, 0.1) is 7.05 Å². The van der Waals surface area contributed by atoms with Crippen molar-refractivity contribution in [2.24, 2.45) is 0 Å². The Morgan fingerprint density at radius 3 is 2.34 bits per heavy atom. The van der Waals surface area contributed by atoms with Crippen molar-refractivity contribution in [2.45, 2.75) is 26.8 Å². The molecule has 3 aromatic rings. The lowest BCUT2D eigenvalue weighted by atomic mass is 10.1. The fraction of sp³-hybridized carbons (Fsp3) is 0.259. The van der Waals surface area contributed by atoms with Gasteiger partial charge in [0.1, 0.15) is 6.04 Å². The summed E-state index contributed by atoms with van der Waals surface area (Å²) in [5.74, 6) is -0.0391. The van der Waals surface area contributed by atoms with E-state index in [1.807, 2.05) is 92.5 Å². The van der Waals surface area contributed by atoms with E-state index in [1.165, 1.54) is 0 Å². The Morgan fingerprint density at radius 1 is 0.969 bits per heavy atom. The van der Waals surface area contributed by atoms with Crippen LogP contribution >= 0.6 is 0 Å². The van der Waals surface area contributed by atoms with Gasteiger partial charge >= 0.3 is 0 Å². The molecule has 2 atom stereocenters. The molecular formula is C27H32N3O2+. The van der Waals surface area contributed by atoms with Crippen LogP contribution in [0.15, 0.2) is 78.9 Å². The van der Waals surface area contributed by atoms with E-state index >= 15 is 0 Å². The maximum Gasteiger partial charge on any atom is 0.282 e. The van der Waals surface area contributed by atoms with Crippen LogP contribution in [-0.2, 0) is 4.79 Å². The molecule has 32 heavy (non-hydrogen) atoms. The highest BCUT2D eigenvalue weighted by Crippen LogP contribution is 2.20. The van der Waals surface area contributed by atoms with Crippen LogP contribution in [0.2, 0.25) is 0 Å². The molecule has 0 aliphatic heterocycles. The average Bonchev–Trinajstić information content (AvgIpc) is 2.81. The van der Waals surface area contributed by atoms with E-state index in [2.05, 4.69) is 12.2 Å². The third-order valence-electron chi connectivity index (χ3n) is 5.87. The highest BCUT2D eigenvalue weighted by atomic mass is 16.2. The molecule has 5 heteroatoms. The molecule has 0 bridgehead atoms. The summed E-state index contributed by atoms with van der Waals surface area (Å²) in [5.41, 5.74) is 4.49. The molecule has 2 amide bonds. The first-order valence-corrected chi connectivity index (χ1v) is 11.1. The maximum atomic E-state index is 13.1. The summed E-state index contributed by atoms with van der Waals surface area (Å²) < 4.78 is 0. The highest BCUT2D eigenvalue weighted by Gasteiger charge is 2.23. The number of likely N-dealkylation sites (N-methyl/N-ethyl adjacent to an activating group) is 2. The van der Waals surface area contributed by atoms with Gasteiger partial charge in [0.2, 0.25) is 0 Å². The number of nitrogens with one attached hydrogen (secondary N) is 2. The summed E-state index contributed by atoms with van der Waals surface area (Å²) in [6.07, 6.45) is 0. The predicted octanol–water partition coefficient (Wildman–Crippen LogP) is 3.88. The Bertz CT molecular complexity index is 1070. The summed E-state index contributed by atoms with van der Waals surface area (Å²) in [6.45, 7) is 7.14. The summed E-state index contributed by atoms with van der Waals surface area (Å²) in [5, 5.41) is 2.96. The Kier molecular flexibility index (Phi) is 7.79. The molecule has 0 saturated carbocycles. The smallest absolute Gasteiger partial charge is 0.282 e. The second-order valence-corrected chi connectivity index (χ2v) is 8.11. The summed E-state index contributed by atoms with van der Waals surface area (Å²) in [7, 11) is 2.03. The van der Waals surface area contributed by atoms with Gasteiger partial charge < -0.3 is 15.1 Å². The zero-order valence-electron chi connectivity index (χ0n) is 19.3. The first kappa shape index (κ1) is 23.2. The quantitative estimate of drug-likeness (QED) is 0.570. The Labute approximate surface area is 190 Å². The van der Waals surface area contributed by atoms with Crippen molar-refractivity contribution in [3.8, 4) is 0 Å². The monoisotopic (exact) mass is 430 g/mol. The molecule has 2 unspecified atom stereocenters. The standard InChI is InChI=1S/C27H31N3O2/c1-5-30(25-17-10-9-12-20(25)2)26(31)19-29(4)21(3)23-15-11-16-24(18-23)28-27(32)22-13-7-6-8-14-22/h6-18,21H,5,19H2,1-4H3,(H,28,32)/p+1. The van der Waals surface area contributed by atoms with Crippen molar-refractivity contribution in [1.29, 1.82) is 0 Å². The number of carbonyl (C=O) groups is 2. The molecule has 0 aliphatic carbocycles. The van der Waals surface area contributed by atoms with Crippen LogP contribution in [0, 0.1) is 6.92 Å². The topological polar surface area (TPSA) is 53.9 Å². The fourth-order valence-electron chi connectivity index (χ4n) is 3.80. The van der Waals surface area contributed by atoms with E-state index in [9.17, 15) is 9.59 Å². The molecule has 166 valence electrons. The minimum atomic E-state index is -0.136. The average molecular weight is 431 g/mol. The minimum absolute atomic E-state index is 0.0862. The molecule has 5 nitrogen and oxygen atoms in total. The van der Waals surface area contributed by atoms with Gasteiger partial charge in [0, 0.05) is 29.0 Å². The SMILES string of the molecule is CCN(C(=O)C[NH+](C)C(C)c1cccc(NC(=O)c2ccccc2)c1)c1ccccc1C. The van der Waals surface area contributed by atoms with Crippen LogP contribution in [0.1, 0.15) is 41.4 Å². The molecule has 0 aromatic heterocycles. The number of aryl methyl sites for hydroxylation is 1. The first-order chi connectivity index (χ1) is 15.4. The molecular weight excluding hydrogens is 398 g/mol. The van der Waals surface area contributed by atoms with Crippen molar-refractivity contribution >= 4 is 23.2 Å².